The van der Waals surface area contributed by atoms with E-state index in [1.807, 2.05) is 0 Å². The number of benzene rings is 1. The van der Waals surface area contributed by atoms with Gasteiger partial charge >= 0.3 is 0 Å². The topological polar surface area (TPSA) is 95.8 Å². The van der Waals surface area contributed by atoms with Crippen LogP contribution in [-0.2, 0) is 4.79 Å². The van der Waals surface area contributed by atoms with E-state index >= 15 is 0 Å². The normalized spacial score (nSPS) is 15.6. The van der Waals surface area contributed by atoms with Crippen molar-refractivity contribution in [1.29, 1.82) is 0 Å². The van der Waals surface area contributed by atoms with E-state index in [0.29, 0.717) is 31.7 Å². The minimum absolute atomic E-state index is 0.0244. The number of hydrogen-bond acceptors (Lipinski definition) is 5. The largest absolute Gasteiger partial charge is 0.340 e. The smallest absolute Gasteiger partial charge is 0.269 e. The van der Waals surface area contributed by atoms with Crippen molar-refractivity contribution in [3.63, 3.8) is 0 Å². The van der Waals surface area contributed by atoms with Gasteiger partial charge in [0.2, 0.25) is 5.91 Å². The minimum Gasteiger partial charge on any atom is -0.340 e. The van der Waals surface area contributed by atoms with E-state index in [9.17, 15) is 19.7 Å². The molecule has 1 fully saturated rings. The first-order valence-electron chi connectivity index (χ1n) is 6.53. The van der Waals surface area contributed by atoms with E-state index < -0.39 is 4.92 Å². The summed E-state index contributed by atoms with van der Waals surface area (Å²) in [4.78, 5) is 35.0. The zero-order valence-corrected chi connectivity index (χ0v) is 11.6. The van der Waals surface area contributed by atoms with Crippen molar-refractivity contribution in [3.8, 4) is 0 Å². The Hall–Kier alpha value is -2.48. The van der Waals surface area contributed by atoms with Crippen molar-refractivity contribution in [2.45, 2.75) is 6.92 Å². The van der Waals surface area contributed by atoms with Crippen molar-refractivity contribution in [2.75, 3.05) is 26.2 Å². The molecule has 0 radical (unpaired) electrons. The van der Waals surface area contributed by atoms with Crippen LogP contribution in [0.25, 0.3) is 0 Å². The predicted molar refractivity (Wildman–Crippen MR) is 74.4 cm³/mol. The summed E-state index contributed by atoms with van der Waals surface area (Å²) in [6.07, 6.45) is 0. The zero-order chi connectivity index (χ0) is 15.4. The lowest BCUT2D eigenvalue weighted by Crippen LogP contribution is -2.54. The molecule has 1 heterocycles. The van der Waals surface area contributed by atoms with Crippen LogP contribution in [-0.4, -0.2) is 52.8 Å². The number of nitrogens with zero attached hydrogens (tertiary/aromatic N) is 3. The monoisotopic (exact) mass is 292 g/mol. The van der Waals surface area contributed by atoms with Gasteiger partial charge in [-0.05, 0) is 12.1 Å². The Morgan fingerprint density at radius 3 is 2.19 bits per heavy atom. The molecule has 0 spiro atoms. The van der Waals surface area contributed by atoms with Crippen molar-refractivity contribution in [1.82, 2.24) is 15.3 Å². The number of hydrogen-bond donors (Lipinski definition) is 1. The molecule has 0 aliphatic carbocycles. The molecule has 8 nitrogen and oxygen atoms in total. The van der Waals surface area contributed by atoms with Crippen LogP contribution >= 0.6 is 0 Å². The Bertz CT molecular complexity index is 550. The van der Waals surface area contributed by atoms with Crippen LogP contribution in [0.3, 0.4) is 0 Å². The van der Waals surface area contributed by atoms with Gasteiger partial charge in [0.05, 0.1) is 4.92 Å². The number of rotatable bonds is 3. The Labute approximate surface area is 121 Å². The number of hydrazine groups is 1. The maximum Gasteiger partial charge on any atom is 0.269 e. The third kappa shape index (κ3) is 3.76. The quantitative estimate of drug-likeness (QED) is 0.642. The summed E-state index contributed by atoms with van der Waals surface area (Å²) in [6, 6.07) is 5.42. The van der Waals surface area contributed by atoms with Gasteiger partial charge in [-0.25, -0.2) is 5.01 Å². The first-order chi connectivity index (χ1) is 9.97. The van der Waals surface area contributed by atoms with Crippen LogP contribution in [0.1, 0.15) is 17.3 Å². The Kier molecular flexibility index (Phi) is 4.49. The third-order valence-corrected chi connectivity index (χ3v) is 3.32. The average molecular weight is 292 g/mol. The standard InChI is InChI=1S/C13H16N4O4/c1-10(18)15-6-8-16(9-7-15)14-13(19)11-2-4-12(5-3-11)17(20)21/h2-5H,6-9H2,1H3,(H,14,19). The van der Waals surface area contributed by atoms with Crippen LogP contribution in [0.5, 0.6) is 0 Å². The van der Waals surface area contributed by atoms with Crippen molar-refractivity contribution in [2.24, 2.45) is 0 Å². The summed E-state index contributed by atoms with van der Waals surface area (Å²) in [7, 11) is 0. The van der Waals surface area contributed by atoms with Gasteiger partial charge < -0.3 is 4.90 Å². The van der Waals surface area contributed by atoms with Crippen molar-refractivity contribution < 1.29 is 14.5 Å². The highest BCUT2D eigenvalue weighted by atomic mass is 16.6. The molecule has 21 heavy (non-hydrogen) atoms. The average Bonchev–Trinajstić information content (AvgIpc) is 2.47. The van der Waals surface area contributed by atoms with Crippen LogP contribution in [0.15, 0.2) is 24.3 Å². The highest BCUT2D eigenvalue weighted by Crippen LogP contribution is 2.12. The molecule has 1 aliphatic heterocycles. The van der Waals surface area contributed by atoms with Gasteiger partial charge in [0.1, 0.15) is 0 Å². The summed E-state index contributed by atoms with van der Waals surface area (Å²) < 4.78 is 0. The molecule has 0 saturated carbocycles. The lowest BCUT2D eigenvalue weighted by molar-refractivity contribution is -0.384. The molecule has 1 saturated heterocycles. The zero-order valence-electron chi connectivity index (χ0n) is 11.6. The molecule has 112 valence electrons. The van der Waals surface area contributed by atoms with Gasteiger partial charge in [-0.15, -0.1) is 0 Å². The van der Waals surface area contributed by atoms with Gasteiger partial charge in [-0.2, -0.15) is 0 Å². The summed E-state index contributed by atoms with van der Waals surface area (Å²) in [5.41, 5.74) is 3.03. The molecule has 1 aliphatic rings. The van der Waals surface area contributed by atoms with E-state index in [2.05, 4.69) is 5.43 Å². The second kappa shape index (κ2) is 6.31. The molecular weight excluding hydrogens is 276 g/mol. The summed E-state index contributed by atoms with van der Waals surface area (Å²) >= 11 is 0. The molecule has 8 heteroatoms. The van der Waals surface area contributed by atoms with Gasteiger partial charge in [0.25, 0.3) is 11.6 Å². The van der Waals surface area contributed by atoms with Gasteiger partial charge in [0, 0.05) is 50.8 Å². The summed E-state index contributed by atoms with van der Waals surface area (Å²) in [5.74, 6) is -0.294. The summed E-state index contributed by atoms with van der Waals surface area (Å²) in [5, 5.41) is 12.3. The molecule has 2 amide bonds. The van der Waals surface area contributed by atoms with Crippen LogP contribution in [0, 0.1) is 10.1 Å². The number of nitrogens with one attached hydrogen (secondary N) is 1. The molecule has 0 atom stereocenters. The molecule has 1 aromatic carbocycles. The van der Waals surface area contributed by atoms with E-state index in [1.165, 1.54) is 31.2 Å². The van der Waals surface area contributed by atoms with Crippen LogP contribution < -0.4 is 5.43 Å². The second-order valence-corrected chi connectivity index (χ2v) is 4.74. The highest BCUT2D eigenvalue weighted by molar-refractivity contribution is 5.94. The van der Waals surface area contributed by atoms with Crippen LogP contribution in [0.2, 0.25) is 0 Å². The molecule has 1 N–H and O–H groups in total. The number of nitro groups is 1. The van der Waals surface area contributed by atoms with Gasteiger partial charge in [-0.1, -0.05) is 0 Å². The number of carbonyl (C=O) groups excluding carboxylic acids is 2. The molecular formula is C13H16N4O4. The predicted octanol–water partition coefficient (Wildman–Crippen LogP) is 0.404. The molecule has 2 rings (SSSR count). The molecule has 1 aromatic rings. The third-order valence-electron chi connectivity index (χ3n) is 3.32. The minimum atomic E-state index is -0.511. The molecule has 0 aromatic heterocycles. The summed E-state index contributed by atoms with van der Waals surface area (Å²) in [6.45, 7) is 3.76. The SMILES string of the molecule is CC(=O)N1CCN(NC(=O)c2ccc([N+](=O)[O-])cc2)CC1. The van der Waals surface area contributed by atoms with E-state index in [1.54, 1.807) is 9.91 Å². The van der Waals surface area contributed by atoms with Crippen molar-refractivity contribution in [3.05, 3.63) is 39.9 Å². The number of nitro benzene ring substituents is 1. The van der Waals surface area contributed by atoms with Crippen LogP contribution in [0.4, 0.5) is 5.69 Å². The van der Waals surface area contributed by atoms with Gasteiger partial charge in [-0.3, -0.25) is 25.1 Å². The Morgan fingerprint density at radius 1 is 1.14 bits per heavy atom. The molecule has 0 unspecified atom stereocenters. The Balaban J connectivity index is 1.90. The van der Waals surface area contributed by atoms with E-state index in [4.69, 9.17) is 0 Å². The van der Waals surface area contributed by atoms with E-state index in [-0.39, 0.29) is 17.5 Å². The van der Waals surface area contributed by atoms with E-state index in [0.717, 1.165) is 0 Å². The fourth-order valence-corrected chi connectivity index (χ4v) is 2.08. The lowest BCUT2D eigenvalue weighted by atomic mass is 10.2. The number of piperazine rings is 1. The first-order valence-corrected chi connectivity index (χ1v) is 6.53. The number of carbonyl (C=O) groups is 2. The Morgan fingerprint density at radius 2 is 1.71 bits per heavy atom. The number of non-ortho nitro benzene ring substituents is 1. The molecule has 0 bridgehead atoms. The lowest BCUT2D eigenvalue weighted by Gasteiger charge is -2.34. The number of amides is 2. The van der Waals surface area contributed by atoms with Crippen molar-refractivity contribution >= 4 is 17.5 Å². The maximum atomic E-state index is 12.0. The highest BCUT2D eigenvalue weighted by Gasteiger charge is 2.20. The maximum absolute atomic E-state index is 12.0. The fourth-order valence-electron chi connectivity index (χ4n) is 2.08. The fraction of sp³-hybridized carbons (Fsp3) is 0.385. The van der Waals surface area contributed by atoms with Gasteiger partial charge in [0.15, 0.2) is 0 Å². The first kappa shape index (κ1) is 14.9. The second-order valence-electron chi connectivity index (χ2n) is 4.74.